The first-order valence-corrected chi connectivity index (χ1v) is 6.38. The third-order valence-corrected chi connectivity index (χ3v) is 2.99. The minimum absolute atomic E-state index is 0.0532. The Morgan fingerprint density at radius 3 is 2.40 bits per heavy atom. The molecule has 112 valence electrons. The number of nitrogens with one attached hydrogen (secondary N) is 1. The molecule has 0 aliphatic heterocycles. The number of hydrogen-bond acceptors (Lipinski definition) is 2. The van der Waals surface area contributed by atoms with Crippen LogP contribution in [0.15, 0.2) is 24.3 Å². The van der Waals surface area contributed by atoms with Crippen LogP contribution in [0.3, 0.4) is 0 Å². The lowest BCUT2D eigenvalue weighted by Gasteiger charge is -2.09. The van der Waals surface area contributed by atoms with Crippen LogP contribution in [-0.2, 0) is 11.3 Å². The van der Waals surface area contributed by atoms with Crippen molar-refractivity contribution in [2.75, 3.05) is 6.54 Å². The summed E-state index contributed by atoms with van der Waals surface area (Å²) in [5, 5.41) is 11.8. The van der Waals surface area contributed by atoms with E-state index in [4.69, 9.17) is 5.11 Å². The molecule has 0 saturated carbocycles. The molecule has 0 amide bonds. The highest BCUT2D eigenvalue weighted by molar-refractivity contribution is 5.75. The monoisotopic (exact) mass is 289 g/mol. The number of halogens is 3. The molecule has 1 unspecified atom stereocenters. The van der Waals surface area contributed by atoms with Gasteiger partial charge in [-0.3, -0.25) is 4.79 Å². The van der Waals surface area contributed by atoms with Gasteiger partial charge in [0.05, 0.1) is 5.92 Å². The van der Waals surface area contributed by atoms with E-state index in [2.05, 4.69) is 5.32 Å². The summed E-state index contributed by atoms with van der Waals surface area (Å²) in [6.07, 6.45) is -4.83. The second-order valence-electron chi connectivity index (χ2n) is 4.70. The maximum absolute atomic E-state index is 11.9. The first kappa shape index (κ1) is 16.5. The maximum Gasteiger partial charge on any atom is 0.389 e. The molecule has 0 bridgehead atoms. The van der Waals surface area contributed by atoms with Crippen molar-refractivity contribution in [3.05, 3.63) is 35.4 Å². The second-order valence-corrected chi connectivity index (χ2v) is 4.70. The molecule has 1 aromatic carbocycles. The molecule has 2 N–H and O–H groups in total. The third-order valence-electron chi connectivity index (χ3n) is 2.99. The zero-order valence-corrected chi connectivity index (χ0v) is 11.2. The highest BCUT2D eigenvalue weighted by atomic mass is 19.4. The molecule has 0 heterocycles. The lowest BCUT2D eigenvalue weighted by molar-refractivity contribution is -0.138. The molecule has 1 rings (SSSR count). The van der Waals surface area contributed by atoms with Crippen LogP contribution in [0.5, 0.6) is 0 Å². The van der Waals surface area contributed by atoms with Crippen LogP contribution < -0.4 is 5.32 Å². The fourth-order valence-electron chi connectivity index (χ4n) is 1.71. The molecular weight excluding hydrogens is 271 g/mol. The highest BCUT2D eigenvalue weighted by Gasteiger charge is 2.25. The van der Waals surface area contributed by atoms with Crippen molar-refractivity contribution in [2.45, 2.75) is 38.4 Å². The van der Waals surface area contributed by atoms with Crippen LogP contribution in [0, 0.1) is 0 Å². The summed E-state index contributed by atoms with van der Waals surface area (Å²) in [6.45, 7) is 2.37. The van der Waals surface area contributed by atoms with E-state index in [0.29, 0.717) is 18.7 Å². The number of carboxylic acid groups (broad SMARTS) is 1. The molecule has 0 aliphatic carbocycles. The lowest BCUT2D eigenvalue weighted by atomic mass is 10.00. The van der Waals surface area contributed by atoms with E-state index in [-0.39, 0.29) is 6.42 Å². The SMILES string of the molecule is CC(C(=O)O)c1ccc(CNCCCC(F)(F)F)cc1. The predicted molar refractivity (Wildman–Crippen MR) is 69.5 cm³/mol. The van der Waals surface area contributed by atoms with Crippen molar-refractivity contribution in [3.8, 4) is 0 Å². The molecule has 1 atom stereocenters. The van der Waals surface area contributed by atoms with Gasteiger partial charge in [-0.05, 0) is 31.0 Å². The molecule has 1 aromatic rings. The van der Waals surface area contributed by atoms with Gasteiger partial charge in [0.1, 0.15) is 0 Å². The summed E-state index contributed by atoms with van der Waals surface area (Å²) in [7, 11) is 0. The number of rotatable bonds is 7. The summed E-state index contributed by atoms with van der Waals surface area (Å²) in [5.74, 6) is -1.45. The van der Waals surface area contributed by atoms with Crippen LogP contribution >= 0.6 is 0 Å². The summed E-state index contributed by atoms with van der Waals surface area (Å²) < 4.78 is 35.7. The van der Waals surface area contributed by atoms with Crippen molar-refractivity contribution in [1.82, 2.24) is 5.32 Å². The van der Waals surface area contributed by atoms with Crippen LogP contribution in [-0.4, -0.2) is 23.8 Å². The first-order chi connectivity index (χ1) is 9.29. The van der Waals surface area contributed by atoms with Crippen LogP contribution in [0.4, 0.5) is 13.2 Å². The van der Waals surface area contributed by atoms with E-state index in [0.717, 1.165) is 5.56 Å². The van der Waals surface area contributed by atoms with E-state index in [1.54, 1.807) is 31.2 Å². The van der Waals surface area contributed by atoms with Gasteiger partial charge in [0.15, 0.2) is 0 Å². The van der Waals surface area contributed by atoms with E-state index >= 15 is 0 Å². The number of alkyl halides is 3. The Morgan fingerprint density at radius 2 is 1.90 bits per heavy atom. The van der Waals surface area contributed by atoms with Gasteiger partial charge in [-0.2, -0.15) is 13.2 Å². The first-order valence-electron chi connectivity index (χ1n) is 6.38. The Bertz CT molecular complexity index is 429. The minimum Gasteiger partial charge on any atom is -0.481 e. The third kappa shape index (κ3) is 6.06. The molecule has 6 heteroatoms. The van der Waals surface area contributed by atoms with Crippen molar-refractivity contribution in [2.24, 2.45) is 0 Å². The van der Waals surface area contributed by atoms with Gasteiger partial charge >= 0.3 is 12.1 Å². The number of aliphatic carboxylic acids is 1. The Hall–Kier alpha value is -1.56. The lowest BCUT2D eigenvalue weighted by Crippen LogP contribution is -2.17. The molecule has 20 heavy (non-hydrogen) atoms. The molecule has 0 aliphatic rings. The van der Waals surface area contributed by atoms with E-state index in [1.807, 2.05) is 0 Å². The van der Waals surface area contributed by atoms with Gasteiger partial charge in [0.2, 0.25) is 0 Å². The minimum atomic E-state index is -4.10. The summed E-state index contributed by atoms with van der Waals surface area (Å²) in [4.78, 5) is 10.8. The van der Waals surface area contributed by atoms with Crippen molar-refractivity contribution in [3.63, 3.8) is 0 Å². The molecule has 0 aromatic heterocycles. The van der Waals surface area contributed by atoms with Gasteiger partial charge in [0, 0.05) is 13.0 Å². The Kier molecular flexibility index (Phi) is 6.01. The Balaban J connectivity index is 2.34. The number of hydrogen-bond donors (Lipinski definition) is 2. The molecular formula is C14H18F3NO2. The fraction of sp³-hybridized carbons (Fsp3) is 0.500. The quantitative estimate of drug-likeness (QED) is 0.757. The van der Waals surface area contributed by atoms with Gasteiger partial charge in [-0.1, -0.05) is 24.3 Å². The highest BCUT2D eigenvalue weighted by Crippen LogP contribution is 2.20. The van der Waals surface area contributed by atoms with Crippen molar-refractivity contribution < 1.29 is 23.1 Å². The second kappa shape index (κ2) is 7.28. The Labute approximate surface area is 115 Å². The average molecular weight is 289 g/mol. The molecule has 0 fully saturated rings. The van der Waals surface area contributed by atoms with Crippen molar-refractivity contribution >= 4 is 5.97 Å². The van der Waals surface area contributed by atoms with Gasteiger partial charge in [0.25, 0.3) is 0 Å². The predicted octanol–water partition coefficient (Wildman–Crippen LogP) is 3.31. The van der Waals surface area contributed by atoms with Gasteiger partial charge in [-0.15, -0.1) is 0 Å². The molecule has 0 radical (unpaired) electrons. The Morgan fingerprint density at radius 1 is 1.30 bits per heavy atom. The van der Waals surface area contributed by atoms with E-state index in [1.165, 1.54) is 0 Å². The fourth-order valence-corrected chi connectivity index (χ4v) is 1.71. The standard InChI is InChI=1S/C14H18F3NO2/c1-10(13(19)20)12-5-3-11(4-6-12)9-18-8-2-7-14(15,16)17/h3-6,10,18H,2,7-9H2,1H3,(H,19,20). The van der Waals surface area contributed by atoms with Crippen LogP contribution in [0.1, 0.15) is 36.8 Å². The zero-order valence-electron chi connectivity index (χ0n) is 11.2. The molecule has 3 nitrogen and oxygen atoms in total. The van der Waals surface area contributed by atoms with Gasteiger partial charge in [-0.25, -0.2) is 0 Å². The van der Waals surface area contributed by atoms with Crippen LogP contribution in [0.2, 0.25) is 0 Å². The summed E-state index contributed by atoms with van der Waals surface area (Å²) >= 11 is 0. The van der Waals surface area contributed by atoms with Crippen LogP contribution in [0.25, 0.3) is 0 Å². The maximum atomic E-state index is 11.9. The largest absolute Gasteiger partial charge is 0.481 e. The molecule has 0 saturated heterocycles. The summed E-state index contributed by atoms with van der Waals surface area (Å²) in [5.41, 5.74) is 1.62. The zero-order chi connectivity index (χ0) is 15.2. The van der Waals surface area contributed by atoms with E-state index < -0.39 is 24.5 Å². The topological polar surface area (TPSA) is 49.3 Å². The summed E-state index contributed by atoms with van der Waals surface area (Å²) in [6, 6.07) is 7.02. The molecule has 0 spiro atoms. The smallest absolute Gasteiger partial charge is 0.389 e. The number of carbonyl (C=O) groups is 1. The normalized spacial score (nSPS) is 13.2. The van der Waals surface area contributed by atoms with E-state index in [9.17, 15) is 18.0 Å². The van der Waals surface area contributed by atoms with Crippen molar-refractivity contribution in [1.29, 1.82) is 0 Å². The number of benzene rings is 1. The van der Waals surface area contributed by atoms with Gasteiger partial charge < -0.3 is 10.4 Å². The average Bonchev–Trinajstić information content (AvgIpc) is 2.37. The number of carboxylic acids is 1.